The van der Waals surface area contributed by atoms with E-state index in [9.17, 15) is 18.8 Å². The summed E-state index contributed by atoms with van der Waals surface area (Å²) in [6.07, 6.45) is 1.86. The van der Waals surface area contributed by atoms with Crippen LogP contribution in [0.15, 0.2) is 36.5 Å². The van der Waals surface area contributed by atoms with Crippen LogP contribution in [0.1, 0.15) is 34.3 Å². The Bertz CT molecular complexity index is 1070. The lowest BCUT2D eigenvalue weighted by Gasteiger charge is -2.35. The predicted octanol–water partition coefficient (Wildman–Crippen LogP) is 1.30. The number of nitrogens with zero attached hydrogens (tertiary/aromatic N) is 4. The largest absolute Gasteiger partial charge is 0.354 e. The van der Waals surface area contributed by atoms with Crippen molar-refractivity contribution < 1.29 is 18.8 Å². The van der Waals surface area contributed by atoms with Gasteiger partial charge in [0.1, 0.15) is 17.7 Å². The molecule has 1 aromatic heterocycles. The highest BCUT2D eigenvalue weighted by Gasteiger charge is 2.39. The number of benzene rings is 1. The minimum absolute atomic E-state index is 0.151. The molecule has 166 valence electrons. The van der Waals surface area contributed by atoms with E-state index in [-0.39, 0.29) is 24.1 Å². The second kappa shape index (κ2) is 8.31. The minimum atomic E-state index is -0.593. The van der Waals surface area contributed by atoms with Gasteiger partial charge in [-0.25, -0.2) is 9.37 Å². The second-order valence-corrected chi connectivity index (χ2v) is 8.49. The van der Waals surface area contributed by atoms with Gasteiger partial charge in [0.25, 0.3) is 5.91 Å². The van der Waals surface area contributed by atoms with Crippen LogP contribution in [-0.2, 0) is 22.7 Å². The molecule has 0 aliphatic carbocycles. The standard InChI is InChI=1S/C23H24FN5O3/c24-17-2-5-20(25-12-17)28-9-7-27(8-10-28)13-15-1-3-18-16(11-15)14-29(23(18)32)19-4-6-21(30)26-22(19)31/h1-3,5,11-12,19H,4,6-10,13-14H2,(H,26,30,31). The number of carbonyl (C=O) groups is 3. The van der Waals surface area contributed by atoms with Crippen LogP contribution in [0.3, 0.4) is 0 Å². The van der Waals surface area contributed by atoms with Crippen LogP contribution >= 0.6 is 0 Å². The summed E-state index contributed by atoms with van der Waals surface area (Å²) in [5.41, 5.74) is 2.67. The van der Waals surface area contributed by atoms with Gasteiger partial charge in [-0.15, -0.1) is 0 Å². The van der Waals surface area contributed by atoms with Crippen molar-refractivity contribution in [2.24, 2.45) is 0 Å². The number of hydrogen-bond acceptors (Lipinski definition) is 6. The number of piperidine rings is 1. The number of pyridine rings is 1. The Balaban J connectivity index is 1.21. The SMILES string of the molecule is O=C1CCC(N2Cc3cc(CN4CCN(c5ccc(F)cn5)CC4)ccc3C2=O)C(=O)N1. The van der Waals surface area contributed by atoms with E-state index >= 15 is 0 Å². The van der Waals surface area contributed by atoms with Crippen molar-refractivity contribution >= 4 is 23.5 Å². The van der Waals surface area contributed by atoms with E-state index in [1.54, 1.807) is 11.0 Å². The smallest absolute Gasteiger partial charge is 0.255 e. The van der Waals surface area contributed by atoms with Crippen molar-refractivity contribution in [3.05, 3.63) is 59.0 Å². The fourth-order valence-corrected chi connectivity index (χ4v) is 4.67. The predicted molar refractivity (Wildman–Crippen MR) is 114 cm³/mol. The third kappa shape index (κ3) is 3.95. The molecule has 3 aliphatic rings. The molecule has 2 aromatic rings. The number of carbonyl (C=O) groups excluding carboxylic acids is 3. The zero-order valence-corrected chi connectivity index (χ0v) is 17.6. The van der Waals surface area contributed by atoms with Crippen molar-refractivity contribution in [2.45, 2.75) is 32.0 Å². The first-order valence-corrected chi connectivity index (χ1v) is 10.8. The van der Waals surface area contributed by atoms with E-state index < -0.39 is 11.9 Å². The third-order valence-corrected chi connectivity index (χ3v) is 6.40. The van der Waals surface area contributed by atoms with Gasteiger partial charge in [0.2, 0.25) is 11.8 Å². The molecule has 1 aromatic carbocycles. The minimum Gasteiger partial charge on any atom is -0.354 e. The first-order valence-electron chi connectivity index (χ1n) is 10.8. The molecule has 1 N–H and O–H groups in total. The fraction of sp³-hybridized carbons (Fsp3) is 0.391. The molecule has 32 heavy (non-hydrogen) atoms. The highest BCUT2D eigenvalue weighted by molar-refractivity contribution is 6.05. The van der Waals surface area contributed by atoms with Crippen LogP contribution in [0.4, 0.5) is 10.2 Å². The normalized spacial score (nSPS) is 21.7. The van der Waals surface area contributed by atoms with Crippen molar-refractivity contribution in [1.82, 2.24) is 20.1 Å². The Kier molecular flexibility index (Phi) is 5.34. The lowest BCUT2D eigenvalue weighted by molar-refractivity contribution is -0.136. The van der Waals surface area contributed by atoms with Gasteiger partial charge in [0.05, 0.1) is 6.20 Å². The highest BCUT2D eigenvalue weighted by Crippen LogP contribution is 2.28. The molecule has 4 heterocycles. The molecule has 2 fully saturated rings. The molecule has 3 amide bonds. The number of hydrogen-bond donors (Lipinski definition) is 1. The van der Waals surface area contributed by atoms with E-state index in [0.29, 0.717) is 18.5 Å². The van der Waals surface area contributed by atoms with Crippen molar-refractivity contribution in [2.75, 3.05) is 31.1 Å². The van der Waals surface area contributed by atoms with Crippen LogP contribution in [0.25, 0.3) is 0 Å². The maximum atomic E-state index is 13.1. The van der Waals surface area contributed by atoms with Gasteiger partial charge in [-0.1, -0.05) is 12.1 Å². The summed E-state index contributed by atoms with van der Waals surface area (Å²) in [7, 11) is 0. The maximum Gasteiger partial charge on any atom is 0.255 e. The molecule has 1 atom stereocenters. The summed E-state index contributed by atoms with van der Waals surface area (Å²) in [5.74, 6) is -0.375. The molecule has 3 aliphatic heterocycles. The Morgan fingerprint density at radius 2 is 1.88 bits per heavy atom. The average molecular weight is 437 g/mol. The molecular weight excluding hydrogens is 413 g/mol. The van der Waals surface area contributed by atoms with Crippen LogP contribution in [0, 0.1) is 5.82 Å². The zero-order chi connectivity index (χ0) is 22.2. The van der Waals surface area contributed by atoms with Crippen LogP contribution in [0.2, 0.25) is 0 Å². The van der Waals surface area contributed by atoms with Gasteiger partial charge in [0, 0.05) is 51.3 Å². The Labute approximate surface area is 185 Å². The van der Waals surface area contributed by atoms with Gasteiger partial charge < -0.3 is 9.80 Å². The number of nitrogens with one attached hydrogen (secondary N) is 1. The van der Waals surface area contributed by atoms with Crippen molar-refractivity contribution in [3.8, 4) is 0 Å². The number of piperazine rings is 1. The van der Waals surface area contributed by atoms with Crippen molar-refractivity contribution in [3.63, 3.8) is 0 Å². The molecule has 2 saturated heterocycles. The molecule has 0 saturated carbocycles. The van der Waals surface area contributed by atoms with E-state index in [1.165, 1.54) is 12.3 Å². The summed E-state index contributed by atoms with van der Waals surface area (Å²) in [4.78, 5) is 46.7. The summed E-state index contributed by atoms with van der Waals surface area (Å²) >= 11 is 0. The second-order valence-electron chi connectivity index (χ2n) is 8.49. The lowest BCUT2D eigenvalue weighted by atomic mass is 10.0. The summed E-state index contributed by atoms with van der Waals surface area (Å²) in [6.45, 7) is 4.49. The Morgan fingerprint density at radius 3 is 2.59 bits per heavy atom. The quantitative estimate of drug-likeness (QED) is 0.726. The first-order chi connectivity index (χ1) is 15.5. The van der Waals surface area contributed by atoms with E-state index in [0.717, 1.165) is 49.7 Å². The average Bonchev–Trinajstić information content (AvgIpc) is 3.10. The van der Waals surface area contributed by atoms with Gasteiger partial charge in [-0.2, -0.15) is 0 Å². The summed E-state index contributed by atoms with van der Waals surface area (Å²) in [5, 5.41) is 2.33. The highest BCUT2D eigenvalue weighted by atomic mass is 19.1. The molecular formula is C23H24FN5O3. The molecule has 5 rings (SSSR count). The van der Waals surface area contributed by atoms with E-state index in [4.69, 9.17) is 0 Å². The van der Waals surface area contributed by atoms with Gasteiger partial charge in [-0.05, 0) is 35.7 Å². The third-order valence-electron chi connectivity index (χ3n) is 6.40. The molecule has 0 spiro atoms. The van der Waals surface area contributed by atoms with Gasteiger partial charge in [0.15, 0.2) is 0 Å². The van der Waals surface area contributed by atoms with Crippen LogP contribution in [-0.4, -0.2) is 64.7 Å². The summed E-state index contributed by atoms with van der Waals surface area (Å²) in [6, 6.07) is 8.41. The number of fused-ring (bicyclic) bond motifs is 1. The molecule has 0 bridgehead atoms. The van der Waals surface area contributed by atoms with Gasteiger partial charge >= 0.3 is 0 Å². The van der Waals surface area contributed by atoms with E-state index in [1.807, 2.05) is 18.2 Å². The molecule has 9 heteroatoms. The maximum absolute atomic E-state index is 13.1. The number of amides is 3. The monoisotopic (exact) mass is 437 g/mol. The van der Waals surface area contributed by atoms with E-state index in [2.05, 4.69) is 20.1 Å². The first kappa shape index (κ1) is 20.6. The topological polar surface area (TPSA) is 85.9 Å². The van der Waals surface area contributed by atoms with Crippen LogP contribution in [0.5, 0.6) is 0 Å². The lowest BCUT2D eigenvalue weighted by Crippen LogP contribution is -2.52. The number of aromatic nitrogens is 1. The summed E-state index contributed by atoms with van der Waals surface area (Å²) < 4.78 is 13.1. The Hall–Kier alpha value is -3.33. The number of anilines is 1. The number of rotatable bonds is 4. The number of halogens is 1. The van der Waals surface area contributed by atoms with Crippen molar-refractivity contribution in [1.29, 1.82) is 0 Å². The molecule has 1 unspecified atom stereocenters. The van der Waals surface area contributed by atoms with Gasteiger partial charge in [-0.3, -0.25) is 24.6 Å². The Morgan fingerprint density at radius 1 is 1.06 bits per heavy atom. The number of imide groups is 1. The fourth-order valence-electron chi connectivity index (χ4n) is 4.67. The molecule has 0 radical (unpaired) electrons. The van der Waals surface area contributed by atoms with Crippen LogP contribution < -0.4 is 10.2 Å². The zero-order valence-electron chi connectivity index (χ0n) is 17.6. The molecule has 8 nitrogen and oxygen atoms in total.